The number of aryl methyl sites for hydroxylation is 1. The quantitative estimate of drug-likeness (QED) is 0.818. The van der Waals surface area contributed by atoms with Crippen LogP contribution in [0, 0.1) is 6.92 Å². The van der Waals surface area contributed by atoms with Crippen molar-refractivity contribution < 1.29 is 4.74 Å². The van der Waals surface area contributed by atoms with Crippen molar-refractivity contribution in [1.82, 2.24) is 9.55 Å². The fourth-order valence-electron chi connectivity index (χ4n) is 1.43. The molecular weight excluding hydrogens is 256 g/mol. The molecule has 1 aromatic heterocycles. The molecule has 0 aliphatic rings. The molecular formula is C15H24N2OS. The van der Waals surface area contributed by atoms with Gasteiger partial charge < -0.3 is 9.30 Å². The number of ether oxygens (including phenoxy) is 1. The molecule has 0 saturated carbocycles. The molecule has 3 nitrogen and oxygen atoms in total. The highest BCUT2D eigenvalue weighted by Crippen LogP contribution is 2.25. The van der Waals surface area contributed by atoms with Gasteiger partial charge in [0.05, 0.1) is 24.8 Å². The van der Waals surface area contributed by atoms with Crippen molar-refractivity contribution >= 4 is 12.6 Å². The monoisotopic (exact) mass is 280 g/mol. The molecule has 2 rings (SSSR count). The molecule has 1 heterocycles. The lowest BCUT2D eigenvalue weighted by Crippen LogP contribution is -1.95. The van der Waals surface area contributed by atoms with Crippen LogP contribution < -0.4 is 4.74 Å². The number of benzene rings is 1. The van der Waals surface area contributed by atoms with Crippen LogP contribution in [0.2, 0.25) is 0 Å². The molecule has 0 radical (unpaired) electrons. The first-order valence-corrected chi connectivity index (χ1v) is 7.03. The van der Waals surface area contributed by atoms with Crippen molar-refractivity contribution in [2.75, 3.05) is 7.11 Å². The van der Waals surface area contributed by atoms with Gasteiger partial charge in [0.25, 0.3) is 0 Å². The molecule has 0 fully saturated rings. The molecule has 0 amide bonds. The zero-order valence-corrected chi connectivity index (χ0v) is 13.5. The predicted octanol–water partition coefficient (Wildman–Crippen LogP) is 4.53. The molecule has 2 aromatic rings. The lowest BCUT2D eigenvalue weighted by atomic mass is 10.3. The molecule has 0 saturated heterocycles. The van der Waals surface area contributed by atoms with Crippen molar-refractivity contribution in [2.45, 2.75) is 39.5 Å². The van der Waals surface area contributed by atoms with Crippen molar-refractivity contribution in [3.05, 3.63) is 36.4 Å². The Morgan fingerprint density at radius 2 is 1.79 bits per heavy atom. The minimum atomic E-state index is 0.792. The van der Waals surface area contributed by atoms with Crippen molar-refractivity contribution in [2.24, 2.45) is 0 Å². The Bertz CT molecular complexity index is 481. The normalized spacial score (nSPS) is 8.79. The van der Waals surface area contributed by atoms with E-state index in [4.69, 9.17) is 4.74 Å². The Kier molecular flexibility index (Phi) is 8.79. The van der Waals surface area contributed by atoms with E-state index in [-0.39, 0.29) is 0 Å². The molecule has 0 atom stereocenters. The summed E-state index contributed by atoms with van der Waals surface area (Å²) < 4.78 is 7.22. The maximum atomic E-state index is 5.29. The van der Waals surface area contributed by atoms with Gasteiger partial charge in [0.15, 0.2) is 0 Å². The van der Waals surface area contributed by atoms with Crippen LogP contribution in [0.25, 0.3) is 5.69 Å². The number of methoxy groups -OCH3 is 1. The molecule has 0 spiro atoms. The van der Waals surface area contributed by atoms with Gasteiger partial charge in [-0.05, 0) is 25.1 Å². The van der Waals surface area contributed by atoms with Crippen LogP contribution in [0.5, 0.6) is 5.75 Å². The highest BCUT2D eigenvalue weighted by atomic mass is 32.1. The third-order valence-corrected chi connectivity index (χ3v) is 2.43. The molecule has 0 N–H and O–H groups in total. The summed E-state index contributed by atoms with van der Waals surface area (Å²) in [6.07, 6.45) is 3.72. The van der Waals surface area contributed by atoms with Gasteiger partial charge in [0, 0.05) is 11.1 Å². The van der Waals surface area contributed by atoms with Crippen molar-refractivity contribution in [1.29, 1.82) is 0 Å². The van der Waals surface area contributed by atoms with Gasteiger partial charge in [-0.2, -0.15) is 0 Å². The largest absolute Gasteiger partial charge is 0.495 e. The van der Waals surface area contributed by atoms with Gasteiger partial charge in [0.1, 0.15) is 5.75 Å². The number of aromatic nitrogens is 2. The summed E-state index contributed by atoms with van der Waals surface area (Å²) in [6.45, 7) is 9.95. The number of rotatable bonds is 2. The fraction of sp³-hybridized carbons (Fsp3) is 0.400. The minimum absolute atomic E-state index is 0.792. The molecule has 4 heteroatoms. The summed E-state index contributed by atoms with van der Waals surface area (Å²) in [5.41, 5.74) is 1.95. The molecule has 0 unspecified atom stereocenters. The van der Waals surface area contributed by atoms with E-state index in [0.29, 0.717) is 0 Å². The van der Waals surface area contributed by atoms with Crippen LogP contribution in [0.15, 0.2) is 35.6 Å². The maximum Gasteiger partial charge on any atom is 0.143 e. The van der Waals surface area contributed by atoms with Crippen LogP contribution in [0.3, 0.4) is 0 Å². The second-order valence-electron chi connectivity index (χ2n) is 3.28. The summed E-state index contributed by atoms with van der Waals surface area (Å²) in [7, 11) is 1.65. The molecule has 106 valence electrons. The standard InChI is InChI=1S/C11H12N2OS.2C2H6/c1-8-6-13(7-12-8)10-4-3-9(15)5-11(10)14-2;2*1-2/h3-7,15H,1-2H3;2*1-2H3. The van der Waals surface area contributed by atoms with E-state index in [0.717, 1.165) is 22.0 Å². The van der Waals surface area contributed by atoms with Gasteiger partial charge in [-0.25, -0.2) is 4.98 Å². The van der Waals surface area contributed by atoms with Gasteiger partial charge in [0.2, 0.25) is 0 Å². The van der Waals surface area contributed by atoms with Gasteiger partial charge in [-0.1, -0.05) is 27.7 Å². The lowest BCUT2D eigenvalue weighted by molar-refractivity contribution is 0.412. The summed E-state index contributed by atoms with van der Waals surface area (Å²) in [4.78, 5) is 5.06. The highest BCUT2D eigenvalue weighted by molar-refractivity contribution is 7.80. The van der Waals surface area contributed by atoms with Crippen LogP contribution in [0.4, 0.5) is 0 Å². The number of thiol groups is 1. The Labute approximate surface area is 122 Å². The maximum absolute atomic E-state index is 5.29. The first kappa shape index (κ1) is 17.6. The smallest absolute Gasteiger partial charge is 0.143 e. The average molecular weight is 280 g/mol. The van der Waals surface area contributed by atoms with E-state index >= 15 is 0 Å². The summed E-state index contributed by atoms with van der Waals surface area (Å²) in [5, 5.41) is 0. The highest BCUT2D eigenvalue weighted by Gasteiger charge is 2.05. The first-order chi connectivity index (χ1) is 9.20. The summed E-state index contributed by atoms with van der Waals surface area (Å²) >= 11 is 4.27. The van der Waals surface area contributed by atoms with Crippen LogP contribution in [-0.2, 0) is 0 Å². The average Bonchev–Trinajstić information content (AvgIpc) is 2.89. The van der Waals surface area contributed by atoms with E-state index in [2.05, 4.69) is 17.6 Å². The molecule has 19 heavy (non-hydrogen) atoms. The van der Waals surface area contributed by atoms with Crippen LogP contribution in [-0.4, -0.2) is 16.7 Å². The fourth-order valence-corrected chi connectivity index (χ4v) is 1.62. The first-order valence-electron chi connectivity index (χ1n) is 6.58. The van der Waals surface area contributed by atoms with Gasteiger partial charge in [-0.15, -0.1) is 12.6 Å². The van der Waals surface area contributed by atoms with Crippen LogP contribution in [0.1, 0.15) is 33.4 Å². The second kappa shape index (κ2) is 9.50. The third kappa shape index (κ3) is 4.99. The SMILES string of the molecule is CC.CC.COc1cc(S)ccc1-n1cnc(C)c1. The Morgan fingerprint density at radius 1 is 1.16 bits per heavy atom. The van der Waals surface area contributed by atoms with Crippen molar-refractivity contribution in [3.63, 3.8) is 0 Å². The third-order valence-electron chi connectivity index (χ3n) is 2.15. The van der Waals surface area contributed by atoms with E-state index in [1.165, 1.54) is 0 Å². The molecule has 0 bridgehead atoms. The summed E-state index contributed by atoms with van der Waals surface area (Å²) in [5.74, 6) is 0.792. The topological polar surface area (TPSA) is 27.1 Å². The number of hydrogen-bond acceptors (Lipinski definition) is 3. The van der Waals surface area contributed by atoms with E-state index in [1.807, 2.05) is 63.6 Å². The second-order valence-corrected chi connectivity index (χ2v) is 3.79. The van der Waals surface area contributed by atoms with E-state index in [1.54, 1.807) is 13.4 Å². The predicted molar refractivity (Wildman–Crippen MR) is 84.8 cm³/mol. The van der Waals surface area contributed by atoms with Crippen LogP contribution >= 0.6 is 12.6 Å². The Morgan fingerprint density at radius 3 is 2.26 bits per heavy atom. The molecule has 1 aromatic carbocycles. The Hall–Kier alpha value is -1.42. The Balaban J connectivity index is 0.000000741. The zero-order valence-electron chi connectivity index (χ0n) is 12.6. The zero-order chi connectivity index (χ0) is 14.8. The molecule has 0 aliphatic heterocycles. The number of hydrogen-bond donors (Lipinski definition) is 1. The lowest BCUT2D eigenvalue weighted by Gasteiger charge is -2.09. The van der Waals surface area contributed by atoms with E-state index in [9.17, 15) is 0 Å². The van der Waals surface area contributed by atoms with Gasteiger partial charge in [-0.3, -0.25) is 0 Å². The van der Waals surface area contributed by atoms with Gasteiger partial charge >= 0.3 is 0 Å². The minimum Gasteiger partial charge on any atom is -0.495 e. The number of nitrogens with zero attached hydrogens (tertiary/aromatic N) is 2. The summed E-state index contributed by atoms with van der Waals surface area (Å²) in [6, 6.07) is 5.77. The number of imidazole rings is 1. The van der Waals surface area contributed by atoms with E-state index < -0.39 is 0 Å². The van der Waals surface area contributed by atoms with Crippen molar-refractivity contribution in [3.8, 4) is 11.4 Å². The molecule has 0 aliphatic carbocycles.